The van der Waals surface area contributed by atoms with Gasteiger partial charge in [0.2, 0.25) is 0 Å². The fourth-order valence-electron chi connectivity index (χ4n) is 2.51. The molecular weight excluding hydrogens is 288 g/mol. The lowest BCUT2D eigenvalue weighted by Gasteiger charge is -2.31. The molecule has 1 unspecified atom stereocenters. The zero-order valence-electron chi connectivity index (χ0n) is 13.2. The standard InChI is InChI=1S/C16H24N2O2.ClH/c1-12(2)16(11-18,8-5-9-17)13-6-7-14(19-3)15(10-13)20-4;/h6-7,10,12H,5,8-9,17H2,1-4H3;1H. The Morgan fingerprint density at radius 2 is 1.86 bits per heavy atom. The van der Waals surface area contributed by atoms with Crippen molar-refractivity contribution in [2.24, 2.45) is 11.7 Å². The summed E-state index contributed by atoms with van der Waals surface area (Å²) in [6, 6.07) is 8.20. The summed E-state index contributed by atoms with van der Waals surface area (Å²) >= 11 is 0. The van der Waals surface area contributed by atoms with Crippen LogP contribution in [-0.2, 0) is 5.41 Å². The normalized spacial score (nSPS) is 13.0. The van der Waals surface area contributed by atoms with Gasteiger partial charge in [0.15, 0.2) is 11.5 Å². The molecule has 0 saturated heterocycles. The predicted molar refractivity (Wildman–Crippen MR) is 87.2 cm³/mol. The zero-order valence-corrected chi connectivity index (χ0v) is 14.0. The first-order valence-corrected chi connectivity index (χ1v) is 6.89. The number of nitrogens with zero attached hydrogens (tertiary/aromatic N) is 1. The highest BCUT2D eigenvalue weighted by Gasteiger charge is 2.36. The number of rotatable bonds is 7. The van der Waals surface area contributed by atoms with E-state index in [1.807, 2.05) is 18.2 Å². The molecule has 0 fully saturated rings. The van der Waals surface area contributed by atoms with Crippen LogP contribution in [0, 0.1) is 17.2 Å². The highest BCUT2D eigenvalue weighted by molar-refractivity contribution is 5.85. The van der Waals surface area contributed by atoms with E-state index in [0.29, 0.717) is 18.0 Å². The average molecular weight is 313 g/mol. The molecule has 0 aromatic heterocycles. The molecule has 4 nitrogen and oxygen atoms in total. The van der Waals surface area contributed by atoms with E-state index in [-0.39, 0.29) is 18.3 Å². The molecule has 0 heterocycles. The summed E-state index contributed by atoms with van der Waals surface area (Å²) in [4.78, 5) is 0. The van der Waals surface area contributed by atoms with Crippen molar-refractivity contribution in [3.05, 3.63) is 23.8 Å². The van der Waals surface area contributed by atoms with Crippen LogP contribution < -0.4 is 15.2 Å². The molecule has 1 atom stereocenters. The second kappa shape index (κ2) is 8.76. The molecule has 2 N–H and O–H groups in total. The second-order valence-corrected chi connectivity index (χ2v) is 5.20. The summed E-state index contributed by atoms with van der Waals surface area (Å²) in [5, 5.41) is 9.75. The average Bonchev–Trinajstić information content (AvgIpc) is 2.47. The van der Waals surface area contributed by atoms with Crippen LogP contribution in [0.25, 0.3) is 0 Å². The van der Waals surface area contributed by atoms with Gasteiger partial charge in [-0.3, -0.25) is 0 Å². The van der Waals surface area contributed by atoms with Crippen molar-refractivity contribution in [2.75, 3.05) is 20.8 Å². The van der Waals surface area contributed by atoms with Crippen LogP contribution in [0.4, 0.5) is 0 Å². The number of methoxy groups -OCH3 is 2. The Morgan fingerprint density at radius 1 is 1.24 bits per heavy atom. The minimum absolute atomic E-state index is 0. The molecule has 0 aliphatic rings. The van der Waals surface area contributed by atoms with Crippen molar-refractivity contribution >= 4 is 12.4 Å². The number of hydrogen-bond donors (Lipinski definition) is 1. The van der Waals surface area contributed by atoms with Crippen molar-refractivity contribution in [3.63, 3.8) is 0 Å². The highest BCUT2D eigenvalue weighted by atomic mass is 35.5. The van der Waals surface area contributed by atoms with E-state index in [1.54, 1.807) is 14.2 Å². The summed E-state index contributed by atoms with van der Waals surface area (Å²) in [5.41, 5.74) is 6.03. The molecule has 0 aliphatic carbocycles. The van der Waals surface area contributed by atoms with Crippen molar-refractivity contribution in [1.82, 2.24) is 0 Å². The van der Waals surface area contributed by atoms with Gasteiger partial charge in [0.25, 0.3) is 0 Å². The third-order valence-electron chi connectivity index (χ3n) is 3.86. The van der Waals surface area contributed by atoms with E-state index in [0.717, 1.165) is 18.4 Å². The smallest absolute Gasteiger partial charge is 0.161 e. The Kier molecular flexibility index (Phi) is 8.16. The van der Waals surface area contributed by atoms with Crippen LogP contribution in [0.1, 0.15) is 32.3 Å². The van der Waals surface area contributed by atoms with E-state index in [1.165, 1.54) is 0 Å². The van der Waals surface area contributed by atoms with Crippen molar-refractivity contribution in [3.8, 4) is 17.6 Å². The lowest BCUT2D eigenvalue weighted by atomic mass is 9.70. The molecule has 1 rings (SSSR count). The largest absolute Gasteiger partial charge is 0.493 e. The Hall–Kier alpha value is -1.44. The van der Waals surface area contributed by atoms with Crippen LogP contribution in [0.15, 0.2) is 18.2 Å². The fourth-order valence-corrected chi connectivity index (χ4v) is 2.51. The van der Waals surface area contributed by atoms with Gasteiger partial charge in [-0.25, -0.2) is 0 Å². The predicted octanol–water partition coefficient (Wildman–Crippen LogP) is 3.28. The first-order valence-electron chi connectivity index (χ1n) is 6.89. The van der Waals surface area contributed by atoms with Crippen LogP contribution in [0.5, 0.6) is 11.5 Å². The third kappa shape index (κ3) is 4.03. The first kappa shape index (κ1) is 19.6. The molecule has 0 spiro atoms. The fraction of sp³-hybridized carbons (Fsp3) is 0.562. The highest BCUT2D eigenvalue weighted by Crippen LogP contribution is 2.40. The Labute approximate surface area is 133 Å². The minimum atomic E-state index is -0.543. The van der Waals surface area contributed by atoms with E-state index in [4.69, 9.17) is 15.2 Å². The van der Waals surface area contributed by atoms with E-state index in [9.17, 15) is 5.26 Å². The number of benzene rings is 1. The zero-order chi connectivity index (χ0) is 15.2. The van der Waals surface area contributed by atoms with Gasteiger partial charge in [-0.1, -0.05) is 19.9 Å². The first-order chi connectivity index (χ1) is 9.55. The lowest BCUT2D eigenvalue weighted by molar-refractivity contribution is 0.343. The molecule has 0 saturated carbocycles. The summed E-state index contributed by atoms with van der Waals surface area (Å²) in [5.74, 6) is 1.51. The van der Waals surface area contributed by atoms with Gasteiger partial charge in [-0.2, -0.15) is 5.26 Å². The molecular formula is C16H25ClN2O2. The number of ether oxygens (including phenoxy) is 2. The quantitative estimate of drug-likeness (QED) is 0.839. The molecule has 0 aliphatic heterocycles. The van der Waals surface area contributed by atoms with Gasteiger partial charge >= 0.3 is 0 Å². The molecule has 5 heteroatoms. The number of nitriles is 1. The van der Waals surface area contributed by atoms with Gasteiger partial charge in [-0.05, 0) is 43.0 Å². The van der Waals surface area contributed by atoms with Gasteiger partial charge < -0.3 is 15.2 Å². The molecule has 21 heavy (non-hydrogen) atoms. The topological polar surface area (TPSA) is 68.3 Å². The summed E-state index contributed by atoms with van der Waals surface area (Å²) < 4.78 is 10.6. The van der Waals surface area contributed by atoms with Crippen LogP contribution in [0.3, 0.4) is 0 Å². The SMILES string of the molecule is COc1ccc(C(C#N)(CCCN)C(C)C)cc1OC.Cl. The molecule has 1 aromatic carbocycles. The van der Waals surface area contributed by atoms with E-state index < -0.39 is 5.41 Å². The minimum Gasteiger partial charge on any atom is -0.493 e. The third-order valence-corrected chi connectivity index (χ3v) is 3.86. The molecule has 0 amide bonds. The molecule has 0 bridgehead atoms. The molecule has 1 aromatic rings. The van der Waals surface area contributed by atoms with Crippen molar-refractivity contribution in [1.29, 1.82) is 5.26 Å². The van der Waals surface area contributed by atoms with Crippen LogP contribution in [0.2, 0.25) is 0 Å². The van der Waals surface area contributed by atoms with Crippen molar-refractivity contribution < 1.29 is 9.47 Å². The van der Waals surface area contributed by atoms with Crippen LogP contribution >= 0.6 is 12.4 Å². The van der Waals surface area contributed by atoms with Gasteiger partial charge in [-0.15, -0.1) is 12.4 Å². The maximum atomic E-state index is 9.75. The van der Waals surface area contributed by atoms with Gasteiger partial charge in [0.05, 0.1) is 25.7 Å². The maximum Gasteiger partial charge on any atom is 0.161 e. The molecule has 118 valence electrons. The summed E-state index contributed by atoms with van der Waals surface area (Å²) in [7, 11) is 3.21. The Bertz CT molecular complexity index is 486. The molecule has 0 radical (unpaired) electrons. The van der Waals surface area contributed by atoms with E-state index >= 15 is 0 Å². The van der Waals surface area contributed by atoms with Crippen LogP contribution in [-0.4, -0.2) is 20.8 Å². The van der Waals surface area contributed by atoms with Crippen molar-refractivity contribution in [2.45, 2.75) is 32.1 Å². The van der Waals surface area contributed by atoms with Gasteiger partial charge in [0.1, 0.15) is 0 Å². The summed E-state index contributed by atoms with van der Waals surface area (Å²) in [6.45, 7) is 4.72. The number of nitrogens with two attached hydrogens (primary N) is 1. The second-order valence-electron chi connectivity index (χ2n) is 5.20. The summed E-state index contributed by atoms with van der Waals surface area (Å²) in [6.07, 6.45) is 1.56. The monoisotopic (exact) mass is 312 g/mol. The van der Waals surface area contributed by atoms with Gasteiger partial charge in [0, 0.05) is 0 Å². The number of hydrogen-bond acceptors (Lipinski definition) is 4. The lowest BCUT2D eigenvalue weighted by Crippen LogP contribution is -2.31. The number of halogens is 1. The Balaban J connectivity index is 0.00000400. The maximum absolute atomic E-state index is 9.75. The van der Waals surface area contributed by atoms with E-state index in [2.05, 4.69) is 19.9 Å². The Morgan fingerprint density at radius 3 is 2.29 bits per heavy atom.